The molecular weight excluding hydrogens is 348 g/mol. The summed E-state index contributed by atoms with van der Waals surface area (Å²) in [5.41, 5.74) is 3.06. The molecule has 0 radical (unpaired) electrons. The number of benzene rings is 1. The van der Waals surface area contributed by atoms with Gasteiger partial charge in [-0.05, 0) is 36.5 Å². The molecule has 0 unspecified atom stereocenters. The average Bonchev–Trinajstić information content (AvgIpc) is 2.75. The van der Waals surface area contributed by atoms with E-state index in [0.717, 1.165) is 70.3 Å². The Kier molecular flexibility index (Phi) is 5.91. The van der Waals surface area contributed by atoms with Gasteiger partial charge < -0.3 is 9.80 Å². The van der Waals surface area contributed by atoms with Crippen LogP contribution in [0.1, 0.15) is 35.8 Å². The lowest BCUT2D eigenvalue weighted by molar-refractivity contribution is 0.0691. The molecule has 2 aliphatic heterocycles. The van der Waals surface area contributed by atoms with Gasteiger partial charge in [-0.15, -0.1) is 0 Å². The number of nitrogens with zero attached hydrogens (tertiary/aromatic N) is 4. The normalized spacial score (nSPS) is 19.0. The first-order chi connectivity index (χ1) is 13.7. The molecule has 2 fully saturated rings. The van der Waals surface area contributed by atoms with Gasteiger partial charge in [-0.1, -0.05) is 37.3 Å². The summed E-state index contributed by atoms with van der Waals surface area (Å²) in [4.78, 5) is 24.0. The molecule has 5 heteroatoms. The Bertz CT molecular complexity index is 778. The highest BCUT2D eigenvalue weighted by Crippen LogP contribution is 2.21. The van der Waals surface area contributed by atoms with Crippen LogP contribution >= 0.6 is 0 Å². The summed E-state index contributed by atoms with van der Waals surface area (Å²) in [7, 11) is 0. The second-order valence-electron chi connectivity index (χ2n) is 8.12. The number of rotatable bonds is 4. The van der Waals surface area contributed by atoms with E-state index < -0.39 is 0 Å². The van der Waals surface area contributed by atoms with E-state index in [9.17, 15) is 4.79 Å². The fourth-order valence-corrected chi connectivity index (χ4v) is 4.11. The number of hydrogen-bond acceptors (Lipinski definition) is 4. The average molecular weight is 379 g/mol. The minimum absolute atomic E-state index is 0.0801. The number of piperidine rings is 1. The SMILES string of the molecule is CC1CCN(C(=O)c2cc(N3CCN(Cc4ccccc4)CC3)ccn2)CC1. The van der Waals surface area contributed by atoms with Crippen molar-refractivity contribution in [1.82, 2.24) is 14.8 Å². The first-order valence-electron chi connectivity index (χ1n) is 10.5. The zero-order valence-electron chi connectivity index (χ0n) is 16.8. The Morgan fingerprint density at radius 2 is 1.71 bits per heavy atom. The van der Waals surface area contributed by atoms with Gasteiger partial charge in [0, 0.05) is 57.7 Å². The molecule has 3 heterocycles. The fourth-order valence-electron chi connectivity index (χ4n) is 4.11. The summed E-state index contributed by atoms with van der Waals surface area (Å²) >= 11 is 0. The summed E-state index contributed by atoms with van der Waals surface area (Å²) in [6.45, 7) is 8.99. The lowest BCUT2D eigenvalue weighted by Crippen LogP contribution is -2.46. The van der Waals surface area contributed by atoms with Crippen LogP contribution < -0.4 is 4.90 Å². The van der Waals surface area contributed by atoms with Crippen molar-refractivity contribution in [3.05, 3.63) is 59.9 Å². The summed E-state index contributed by atoms with van der Waals surface area (Å²) < 4.78 is 0. The first kappa shape index (κ1) is 18.9. The predicted molar refractivity (Wildman–Crippen MR) is 112 cm³/mol. The van der Waals surface area contributed by atoms with E-state index in [0.29, 0.717) is 5.69 Å². The van der Waals surface area contributed by atoms with Crippen LogP contribution in [0.5, 0.6) is 0 Å². The molecule has 0 N–H and O–H groups in total. The number of carbonyl (C=O) groups is 1. The number of carbonyl (C=O) groups excluding carboxylic acids is 1. The molecule has 28 heavy (non-hydrogen) atoms. The maximum absolute atomic E-state index is 12.8. The van der Waals surface area contributed by atoms with Crippen molar-refractivity contribution in [3.8, 4) is 0 Å². The molecule has 2 aliphatic rings. The molecule has 0 aliphatic carbocycles. The Morgan fingerprint density at radius 3 is 2.43 bits per heavy atom. The summed E-state index contributed by atoms with van der Waals surface area (Å²) in [5.74, 6) is 0.798. The van der Waals surface area contributed by atoms with E-state index in [4.69, 9.17) is 0 Å². The summed E-state index contributed by atoms with van der Waals surface area (Å²) in [6.07, 6.45) is 3.97. The molecule has 2 aromatic rings. The topological polar surface area (TPSA) is 39.7 Å². The van der Waals surface area contributed by atoms with Gasteiger partial charge in [-0.25, -0.2) is 0 Å². The molecule has 5 nitrogen and oxygen atoms in total. The number of aromatic nitrogens is 1. The monoisotopic (exact) mass is 378 g/mol. The van der Waals surface area contributed by atoms with Crippen molar-refractivity contribution in [3.63, 3.8) is 0 Å². The van der Waals surface area contributed by atoms with Crippen LogP contribution in [0.3, 0.4) is 0 Å². The van der Waals surface area contributed by atoms with Gasteiger partial charge in [0.1, 0.15) is 5.69 Å². The molecule has 1 aromatic heterocycles. The molecule has 0 atom stereocenters. The predicted octanol–water partition coefficient (Wildman–Crippen LogP) is 3.28. The standard InChI is InChI=1S/C23H30N4O/c1-19-8-11-27(12-9-19)23(28)22-17-21(7-10-24-22)26-15-13-25(14-16-26)18-20-5-3-2-4-6-20/h2-7,10,17,19H,8-9,11-16,18H2,1H3. The van der Waals surface area contributed by atoms with E-state index >= 15 is 0 Å². The number of hydrogen-bond donors (Lipinski definition) is 0. The smallest absolute Gasteiger partial charge is 0.272 e. The third kappa shape index (κ3) is 4.53. The highest BCUT2D eigenvalue weighted by molar-refractivity contribution is 5.93. The number of amides is 1. The number of anilines is 1. The summed E-state index contributed by atoms with van der Waals surface area (Å²) in [5, 5.41) is 0. The second-order valence-corrected chi connectivity index (χ2v) is 8.12. The van der Waals surface area contributed by atoms with Crippen LogP contribution in [0.2, 0.25) is 0 Å². The third-order valence-corrected chi connectivity index (χ3v) is 6.02. The van der Waals surface area contributed by atoms with E-state index in [2.05, 4.69) is 52.0 Å². The van der Waals surface area contributed by atoms with Crippen molar-refractivity contribution in [2.45, 2.75) is 26.3 Å². The van der Waals surface area contributed by atoms with E-state index in [1.807, 2.05) is 17.0 Å². The Labute approximate surface area is 168 Å². The second kappa shape index (κ2) is 8.74. The van der Waals surface area contributed by atoms with Gasteiger partial charge in [-0.2, -0.15) is 0 Å². The minimum Gasteiger partial charge on any atom is -0.369 e. The van der Waals surface area contributed by atoms with Crippen molar-refractivity contribution in [2.75, 3.05) is 44.2 Å². The zero-order valence-corrected chi connectivity index (χ0v) is 16.8. The first-order valence-corrected chi connectivity index (χ1v) is 10.5. The molecule has 2 saturated heterocycles. The molecule has 0 bridgehead atoms. The van der Waals surface area contributed by atoms with Gasteiger partial charge in [0.2, 0.25) is 0 Å². The molecule has 1 amide bonds. The van der Waals surface area contributed by atoms with Crippen LogP contribution in [-0.2, 0) is 6.54 Å². The van der Waals surface area contributed by atoms with Gasteiger partial charge in [0.05, 0.1) is 0 Å². The highest BCUT2D eigenvalue weighted by atomic mass is 16.2. The van der Waals surface area contributed by atoms with Crippen LogP contribution in [0, 0.1) is 5.92 Å². The maximum Gasteiger partial charge on any atom is 0.272 e. The fraction of sp³-hybridized carbons (Fsp3) is 0.478. The van der Waals surface area contributed by atoms with Crippen LogP contribution in [-0.4, -0.2) is 60.0 Å². The number of pyridine rings is 1. The van der Waals surface area contributed by atoms with Crippen molar-refractivity contribution < 1.29 is 4.79 Å². The van der Waals surface area contributed by atoms with Crippen molar-refractivity contribution in [1.29, 1.82) is 0 Å². The molecular formula is C23H30N4O. The van der Waals surface area contributed by atoms with Gasteiger partial charge in [0.25, 0.3) is 5.91 Å². The largest absolute Gasteiger partial charge is 0.369 e. The molecule has 4 rings (SSSR count). The number of likely N-dealkylation sites (tertiary alicyclic amines) is 1. The molecule has 0 saturated carbocycles. The van der Waals surface area contributed by atoms with E-state index in [1.54, 1.807) is 6.20 Å². The number of piperazine rings is 1. The zero-order chi connectivity index (χ0) is 19.3. The van der Waals surface area contributed by atoms with Crippen molar-refractivity contribution in [2.24, 2.45) is 5.92 Å². The van der Waals surface area contributed by atoms with Gasteiger partial charge in [0.15, 0.2) is 0 Å². The van der Waals surface area contributed by atoms with Crippen LogP contribution in [0.4, 0.5) is 5.69 Å². The van der Waals surface area contributed by atoms with Crippen molar-refractivity contribution >= 4 is 11.6 Å². The molecule has 148 valence electrons. The Balaban J connectivity index is 1.35. The maximum atomic E-state index is 12.8. The lowest BCUT2D eigenvalue weighted by atomic mass is 9.99. The van der Waals surface area contributed by atoms with E-state index in [1.165, 1.54) is 5.56 Å². The highest BCUT2D eigenvalue weighted by Gasteiger charge is 2.23. The minimum atomic E-state index is 0.0801. The van der Waals surface area contributed by atoms with Crippen LogP contribution in [0.15, 0.2) is 48.7 Å². The van der Waals surface area contributed by atoms with Crippen LogP contribution in [0.25, 0.3) is 0 Å². The Hall–Kier alpha value is -2.40. The van der Waals surface area contributed by atoms with Gasteiger partial charge >= 0.3 is 0 Å². The lowest BCUT2D eigenvalue weighted by Gasteiger charge is -2.36. The molecule has 1 aromatic carbocycles. The quantitative estimate of drug-likeness (QED) is 0.819. The Morgan fingerprint density at radius 1 is 1.00 bits per heavy atom. The summed E-state index contributed by atoms with van der Waals surface area (Å²) in [6, 6.07) is 14.7. The van der Waals surface area contributed by atoms with E-state index in [-0.39, 0.29) is 5.91 Å². The molecule has 0 spiro atoms. The van der Waals surface area contributed by atoms with Gasteiger partial charge in [-0.3, -0.25) is 14.7 Å². The third-order valence-electron chi connectivity index (χ3n) is 6.02.